The third-order valence-electron chi connectivity index (χ3n) is 5.07. The van der Waals surface area contributed by atoms with Crippen LogP contribution in [-0.4, -0.2) is 17.7 Å². The summed E-state index contributed by atoms with van der Waals surface area (Å²) in [6, 6.07) is 1.99. The summed E-state index contributed by atoms with van der Waals surface area (Å²) >= 11 is 4.92. The number of nitrogens with zero attached hydrogens (tertiary/aromatic N) is 1. The van der Waals surface area contributed by atoms with Crippen LogP contribution in [0, 0.1) is 29.1 Å². The molecule has 112 valence electrons. The molecule has 0 heterocycles. The standard InChI is InChI=1S/C16H26N2OS/c17-10-11-18-16(19)14-9-5-4-8-13(14)15(20)12-6-2-1-3-7-12/h12-15,20H,1-9,11H2,(H,18,19). The number of carbonyl (C=O) groups excluding carboxylic acids is 1. The highest BCUT2D eigenvalue weighted by Crippen LogP contribution is 2.41. The molecule has 2 fully saturated rings. The molecule has 2 aliphatic rings. The van der Waals surface area contributed by atoms with Crippen molar-refractivity contribution in [2.75, 3.05) is 6.54 Å². The zero-order valence-electron chi connectivity index (χ0n) is 12.2. The summed E-state index contributed by atoms with van der Waals surface area (Å²) in [5.74, 6) is 1.22. The molecule has 2 saturated carbocycles. The summed E-state index contributed by atoms with van der Waals surface area (Å²) in [6.07, 6.45) is 11.0. The van der Waals surface area contributed by atoms with Gasteiger partial charge in [-0.05, 0) is 37.5 Å². The fourth-order valence-corrected chi connectivity index (χ4v) is 4.63. The second kappa shape index (κ2) is 7.93. The van der Waals surface area contributed by atoms with E-state index in [0.29, 0.717) is 17.1 Å². The molecule has 0 radical (unpaired) electrons. The predicted molar refractivity (Wildman–Crippen MR) is 83.4 cm³/mol. The van der Waals surface area contributed by atoms with E-state index in [2.05, 4.69) is 5.32 Å². The fourth-order valence-electron chi connectivity index (χ4n) is 3.98. The Morgan fingerprint density at radius 2 is 1.80 bits per heavy atom. The Bertz CT molecular complexity index is 360. The highest BCUT2D eigenvalue weighted by atomic mass is 32.1. The van der Waals surface area contributed by atoms with Gasteiger partial charge in [-0.15, -0.1) is 0 Å². The number of hydrogen-bond donors (Lipinski definition) is 2. The van der Waals surface area contributed by atoms with Crippen molar-refractivity contribution in [2.24, 2.45) is 17.8 Å². The van der Waals surface area contributed by atoms with Gasteiger partial charge in [-0.3, -0.25) is 4.79 Å². The molecule has 1 N–H and O–H groups in total. The maximum absolute atomic E-state index is 12.3. The third kappa shape index (κ3) is 3.91. The number of thiol groups is 1. The highest BCUT2D eigenvalue weighted by molar-refractivity contribution is 7.81. The predicted octanol–water partition coefficient (Wildman–Crippen LogP) is 3.31. The van der Waals surface area contributed by atoms with Gasteiger partial charge in [0.25, 0.3) is 0 Å². The van der Waals surface area contributed by atoms with Crippen molar-refractivity contribution >= 4 is 18.5 Å². The molecule has 0 aromatic carbocycles. The zero-order chi connectivity index (χ0) is 14.4. The molecule has 0 aliphatic heterocycles. The van der Waals surface area contributed by atoms with Gasteiger partial charge in [-0.25, -0.2) is 0 Å². The average Bonchev–Trinajstić information content (AvgIpc) is 2.52. The number of rotatable bonds is 4. The number of nitrogens with one attached hydrogen (secondary N) is 1. The van der Waals surface area contributed by atoms with Crippen LogP contribution in [0.1, 0.15) is 57.8 Å². The minimum absolute atomic E-state index is 0.0709. The number of nitriles is 1. The molecular weight excluding hydrogens is 268 g/mol. The van der Waals surface area contributed by atoms with Crippen molar-refractivity contribution in [1.82, 2.24) is 5.32 Å². The molecule has 0 aromatic heterocycles. The van der Waals surface area contributed by atoms with Crippen LogP contribution in [-0.2, 0) is 4.79 Å². The molecule has 0 bridgehead atoms. The van der Waals surface area contributed by atoms with E-state index in [1.54, 1.807) is 0 Å². The van der Waals surface area contributed by atoms with E-state index in [9.17, 15) is 4.79 Å². The van der Waals surface area contributed by atoms with Gasteiger partial charge in [0.05, 0.1) is 6.07 Å². The van der Waals surface area contributed by atoms with Gasteiger partial charge in [0.15, 0.2) is 0 Å². The maximum Gasteiger partial charge on any atom is 0.224 e. The van der Waals surface area contributed by atoms with E-state index in [4.69, 9.17) is 17.9 Å². The molecule has 3 nitrogen and oxygen atoms in total. The minimum atomic E-state index is 0.0709. The average molecular weight is 294 g/mol. The van der Waals surface area contributed by atoms with Crippen LogP contribution in [0.4, 0.5) is 0 Å². The van der Waals surface area contributed by atoms with Crippen molar-refractivity contribution in [3.63, 3.8) is 0 Å². The van der Waals surface area contributed by atoms with Crippen molar-refractivity contribution in [3.05, 3.63) is 0 Å². The molecule has 3 atom stereocenters. The molecule has 0 spiro atoms. The molecular formula is C16H26N2OS. The molecule has 1 amide bonds. The summed E-state index contributed by atoms with van der Waals surface area (Å²) < 4.78 is 0. The lowest BCUT2D eigenvalue weighted by Crippen LogP contribution is -2.42. The van der Waals surface area contributed by atoms with E-state index in [1.165, 1.54) is 38.5 Å². The van der Waals surface area contributed by atoms with Crippen LogP contribution in [0.15, 0.2) is 0 Å². The Morgan fingerprint density at radius 3 is 2.50 bits per heavy atom. The van der Waals surface area contributed by atoms with Gasteiger partial charge in [0.1, 0.15) is 6.54 Å². The fraction of sp³-hybridized carbons (Fsp3) is 0.875. The van der Waals surface area contributed by atoms with Crippen molar-refractivity contribution in [3.8, 4) is 6.07 Å². The highest BCUT2D eigenvalue weighted by Gasteiger charge is 2.37. The summed E-state index contributed by atoms with van der Waals surface area (Å²) in [5, 5.41) is 11.7. The van der Waals surface area contributed by atoms with Crippen molar-refractivity contribution in [2.45, 2.75) is 63.0 Å². The van der Waals surface area contributed by atoms with Gasteiger partial charge >= 0.3 is 0 Å². The number of amides is 1. The van der Waals surface area contributed by atoms with E-state index in [0.717, 1.165) is 19.3 Å². The SMILES string of the molecule is N#CCNC(=O)C1CCCCC1C(S)C1CCCCC1. The quantitative estimate of drug-likeness (QED) is 0.617. The van der Waals surface area contributed by atoms with E-state index < -0.39 is 0 Å². The summed E-state index contributed by atoms with van der Waals surface area (Å²) in [5.41, 5.74) is 0. The van der Waals surface area contributed by atoms with Gasteiger partial charge in [-0.2, -0.15) is 17.9 Å². The molecule has 0 aromatic rings. The van der Waals surface area contributed by atoms with Crippen LogP contribution in [0.2, 0.25) is 0 Å². The van der Waals surface area contributed by atoms with Gasteiger partial charge in [0.2, 0.25) is 5.91 Å². The van der Waals surface area contributed by atoms with Crippen molar-refractivity contribution in [1.29, 1.82) is 5.26 Å². The van der Waals surface area contributed by atoms with Crippen LogP contribution in [0.5, 0.6) is 0 Å². The topological polar surface area (TPSA) is 52.9 Å². The monoisotopic (exact) mass is 294 g/mol. The molecule has 2 aliphatic carbocycles. The van der Waals surface area contributed by atoms with E-state index >= 15 is 0 Å². The van der Waals surface area contributed by atoms with E-state index in [1.807, 2.05) is 6.07 Å². The second-order valence-corrected chi connectivity index (χ2v) is 6.92. The third-order valence-corrected chi connectivity index (χ3v) is 5.87. The Hall–Kier alpha value is -0.690. The lowest BCUT2D eigenvalue weighted by atomic mass is 9.71. The Kier molecular flexibility index (Phi) is 6.22. The first kappa shape index (κ1) is 15.7. The number of carbonyl (C=O) groups is 1. The van der Waals surface area contributed by atoms with Crippen LogP contribution >= 0.6 is 12.6 Å². The van der Waals surface area contributed by atoms with Gasteiger partial charge in [-0.1, -0.05) is 32.1 Å². The molecule has 3 unspecified atom stereocenters. The van der Waals surface area contributed by atoms with Crippen LogP contribution in [0.3, 0.4) is 0 Å². The second-order valence-electron chi connectivity index (χ2n) is 6.32. The largest absolute Gasteiger partial charge is 0.343 e. The first-order valence-electron chi connectivity index (χ1n) is 8.06. The van der Waals surface area contributed by atoms with Gasteiger partial charge in [0, 0.05) is 11.2 Å². The normalized spacial score (nSPS) is 29.4. The summed E-state index contributed by atoms with van der Waals surface area (Å²) in [6.45, 7) is 0.128. The van der Waals surface area contributed by atoms with E-state index in [-0.39, 0.29) is 18.4 Å². The Labute approximate surface area is 127 Å². The zero-order valence-corrected chi connectivity index (χ0v) is 13.1. The van der Waals surface area contributed by atoms with Crippen LogP contribution in [0.25, 0.3) is 0 Å². The summed E-state index contributed by atoms with van der Waals surface area (Å²) in [4.78, 5) is 12.3. The van der Waals surface area contributed by atoms with Crippen LogP contribution < -0.4 is 5.32 Å². The first-order valence-corrected chi connectivity index (χ1v) is 8.58. The molecule has 0 saturated heterocycles. The molecule has 20 heavy (non-hydrogen) atoms. The Morgan fingerprint density at radius 1 is 1.15 bits per heavy atom. The smallest absolute Gasteiger partial charge is 0.224 e. The lowest BCUT2D eigenvalue weighted by molar-refractivity contribution is -0.127. The molecule has 4 heteroatoms. The summed E-state index contributed by atoms with van der Waals surface area (Å²) in [7, 11) is 0. The Balaban J connectivity index is 1.98. The first-order chi connectivity index (χ1) is 9.74. The van der Waals surface area contributed by atoms with Gasteiger partial charge < -0.3 is 5.32 Å². The minimum Gasteiger partial charge on any atom is -0.343 e. The number of hydrogen-bond acceptors (Lipinski definition) is 3. The lowest BCUT2D eigenvalue weighted by Gasteiger charge is -2.39. The van der Waals surface area contributed by atoms with Crippen molar-refractivity contribution < 1.29 is 4.79 Å². The maximum atomic E-state index is 12.3. The molecule has 2 rings (SSSR count).